The molecule has 2 rings (SSSR count). The van der Waals surface area contributed by atoms with Gasteiger partial charge in [0.25, 0.3) is 5.69 Å². The van der Waals surface area contributed by atoms with Gasteiger partial charge in [-0.3, -0.25) is 10.1 Å². The topological polar surface area (TPSA) is 92.5 Å². The third-order valence-electron chi connectivity index (χ3n) is 3.99. The van der Waals surface area contributed by atoms with Gasteiger partial charge < -0.3 is 10.4 Å². The Morgan fingerprint density at radius 3 is 2.67 bits per heavy atom. The van der Waals surface area contributed by atoms with E-state index in [1.807, 2.05) is 0 Å². The van der Waals surface area contributed by atoms with Gasteiger partial charge in [-0.05, 0) is 25.2 Å². The number of nitro groups is 1. The van der Waals surface area contributed by atoms with Crippen LogP contribution in [0.2, 0.25) is 0 Å². The Kier molecular flexibility index (Phi) is 4.72. The molecule has 1 fully saturated rings. The number of benzene rings is 1. The molecule has 1 saturated carbocycles. The highest BCUT2D eigenvalue weighted by molar-refractivity contribution is 8.00. The van der Waals surface area contributed by atoms with Gasteiger partial charge in [0.1, 0.15) is 0 Å². The predicted molar refractivity (Wildman–Crippen MR) is 83.3 cm³/mol. The average molecular weight is 310 g/mol. The molecule has 0 aromatic heterocycles. The van der Waals surface area contributed by atoms with Crippen molar-refractivity contribution in [3.8, 4) is 0 Å². The first-order valence-electron chi connectivity index (χ1n) is 6.78. The van der Waals surface area contributed by atoms with Crippen LogP contribution in [0.15, 0.2) is 18.2 Å². The first-order chi connectivity index (χ1) is 9.97. The summed E-state index contributed by atoms with van der Waals surface area (Å²) in [5.41, 5.74) is 0.277. The number of carbonyl (C=O) groups is 1. The number of nitrogens with zero attached hydrogens (tertiary/aromatic N) is 1. The van der Waals surface area contributed by atoms with E-state index < -0.39 is 10.9 Å². The molecular weight excluding hydrogens is 292 g/mol. The summed E-state index contributed by atoms with van der Waals surface area (Å²) in [6.07, 6.45) is 6.56. The minimum atomic E-state index is -1.09. The van der Waals surface area contributed by atoms with E-state index in [9.17, 15) is 20.0 Å². The Bertz CT molecular complexity index is 556. The van der Waals surface area contributed by atoms with E-state index in [1.165, 1.54) is 31.0 Å². The van der Waals surface area contributed by atoms with E-state index in [1.54, 1.807) is 11.8 Å². The van der Waals surface area contributed by atoms with Crippen LogP contribution in [-0.2, 0) is 0 Å². The molecule has 0 bridgehead atoms. The number of thioether (sulfide) groups is 1. The molecule has 0 radical (unpaired) electrons. The molecule has 1 aliphatic carbocycles. The number of non-ortho nitro benzene ring substituents is 1. The minimum Gasteiger partial charge on any atom is -0.478 e. The summed E-state index contributed by atoms with van der Waals surface area (Å²) in [5, 5.41) is 23.2. The van der Waals surface area contributed by atoms with Gasteiger partial charge >= 0.3 is 5.97 Å². The van der Waals surface area contributed by atoms with Crippen LogP contribution in [0.4, 0.5) is 11.4 Å². The summed E-state index contributed by atoms with van der Waals surface area (Å²) in [4.78, 5) is 21.6. The largest absolute Gasteiger partial charge is 0.478 e. The molecule has 6 nitrogen and oxygen atoms in total. The molecule has 1 aromatic rings. The Morgan fingerprint density at radius 2 is 2.14 bits per heavy atom. The molecule has 0 aliphatic heterocycles. The summed E-state index contributed by atoms with van der Waals surface area (Å²) in [5.74, 6) is -1.09. The number of hydrogen-bond donors (Lipinski definition) is 2. The van der Waals surface area contributed by atoms with Crippen molar-refractivity contribution < 1.29 is 14.8 Å². The van der Waals surface area contributed by atoms with Crippen LogP contribution in [0.1, 0.15) is 36.0 Å². The molecule has 1 aliphatic rings. The van der Waals surface area contributed by atoms with Gasteiger partial charge in [0.05, 0.1) is 16.2 Å². The maximum absolute atomic E-state index is 11.2. The van der Waals surface area contributed by atoms with Crippen molar-refractivity contribution in [2.24, 2.45) is 0 Å². The molecule has 0 saturated heterocycles. The Labute approximate surface area is 127 Å². The maximum Gasteiger partial charge on any atom is 0.337 e. The van der Waals surface area contributed by atoms with Crippen LogP contribution in [0, 0.1) is 10.1 Å². The highest BCUT2D eigenvalue weighted by Crippen LogP contribution is 2.40. The maximum atomic E-state index is 11.2. The van der Waals surface area contributed by atoms with Gasteiger partial charge in [-0.2, -0.15) is 11.8 Å². The van der Waals surface area contributed by atoms with Crippen LogP contribution < -0.4 is 5.32 Å². The van der Waals surface area contributed by atoms with Crippen molar-refractivity contribution in [3.63, 3.8) is 0 Å². The zero-order valence-electron chi connectivity index (χ0n) is 11.8. The quantitative estimate of drug-likeness (QED) is 0.618. The van der Waals surface area contributed by atoms with Crippen molar-refractivity contribution in [1.82, 2.24) is 0 Å². The second-order valence-electron chi connectivity index (χ2n) is 5.24. The lowest BCUT2D eigenvalue weighted by Gasteiger charge is -2.27. The standard InChI is InChI=1S/C14H18N2O4S/c1-21-14(6-2-3-7-14)9-15-12-8-10(16(19)20)4-5-11(12)13(17)18/h4-5,8,15H,2-3,6-7,9H2,1H3,(H,17,18). The van der Waals surface area contributed by atoms with Gasteiger partial charge in [-0.15, -0.1) is 0 Å². The normalized spacial score (nSPS) is 16.6. The fourth-order valence-electron chi connectivity index (χ4n) is 2.71. The van der Waals surface area contributed by atoms with Gasteiger partial charge in [-0.25, -0.2) is 4.79 Å². The molecule has 21 heavy (non-hydrogen) atoms. The lowest BCUT2D eigenvalue weighted by molar-refractivity contribution is -0.384. The lowest BCUT2D eigenvalue weighted by Crippen LogP contribution is -2.30. The zero-order chi connectivity index (χ0) is 15.5. The summed E-state index contributed by atoms with van der Waals surface area (Å²) < 4.78 is 0.0976. The molecule has 0 spiro atoms. The Hall–Kier alpha value is -1.76. The van der Waals surface area contributed by atoms with Crippen LogP contribution in [0.3, 0.4) is 0 Å². The number of nitrogens with one attached hydrogen (secondary N) is 1. The van der Waals surface area contributed by atoms with Crippen LogP contribution >= 0.6 is 11.8 Å². The number of carboxylic acid groups (broad SMARTS) is 1. The summed E-state index contributed by atoms with van der Waals surface area (Å²) in [6, 6.07) is 3.80. The SMILES string of the molecule is CSC1(CNc2cc([N+](=O)[O-])ccc2C(=O)O)CCCC1. The van der Waals surface area contributed by atoms with Crippen molar-refractivity contribution in [3.05, 3.63) is 33.9 Å². The van der Waals surface area contributed by atoms with Crippen LogP contribution in [0.25, 0.3) is 0 Å². The zero-order valence-corrected chi connectivity index (χ0v) is 12.6. The smallest absolute Gasteiger partial charge is 0.337 e. The van der Waals surface area contributed by atoms with Crippen LogP contribution in [-0.4, -0.2) is 33.5 Å². The average Bonchev–Trinajstić information content (AvgIpc) is 2.94. The number of hydrogen-bond acceptors (Lipinski definition) is 5. The van der Waals surface area contributed by atoms with Crippen molar-refractivity contribution in [1.29, 1.82) is 0 Å². The highest BCUT2D eigenvalue weighted by Gasteiger charge is 2.33. The molecule has 0 amide bonds. The van der Waals surface area contributed by atoms with E-state index in [0.29, 0.717) is 12.2 Å². The first kappa shape index (κ1) is 15.6. The van der Waals surface area contributed by atoms with Gasteiger partial charge in [0.2, 0.25) is 0 Å². The van der Waals surface area contributed by atoms with E-state index in [4.69, 9.17) is 0 Å². The van der Waals surface area contributed by atoms with E-state index in [0.717, 1.165) is 12.8 Å². The first-order valence-corrected chi connectivity index (χ1v) is 8.01. The number of carboxylic acids is 1. The second kappa shape index (κ2) is 6.34. The fraction of sp³-hybridized carbons (Fsp3) is 0.500. The van der Waals surface area contributed by atoms with Crippen molar-refractivity contribution >= 4 is 29.1 Å². The Balaban J connectivity index is 2.22. The number of aromatic carboxylic acids is 1. The molecule has 7 heteroatoms. The molecule has 2 N–H and O–H groups in total. The van der Waals surface area contributed by atoms with Crippen molar-refractivity contribution in [2.75, 3.05) is 18.1 Å². The van der Waals surface area contributed by atoms with Crippen LogP contribution in [0.5, 0.6) is 0 Å². The second-order valence-corrected chi connectivity index (χ2v) is 6.51. The third kappa shape index (κ3) is 3.47. The Morgan fingerprint density at radius 1 is 1.48 bits per heavy atom. The van der Waals surface area contributed by atoms with Gasteiger partial charge in [0.15, 0.2) is 0 Å². The van der Waals surface area contributed by atoms with E-state index >= 15 is 0 Å². The molecule has 0 heterocycles. The molecule has 114 valence electrons. The van der Waals surface area contributed by atoms with E-state index in [-0.39, 0.29) is 16.0 Å². The van der Waals surface area contributed by atoms with Gasteiger partial charge in [-0.1, -0.05) is 12.8 Å². The molecule has 0 unspecified atom stereocenters. The summed E-state index contributed by atoms with van der Waals surface area (Å²) in [6.45, 7) is 0.621. The molecule has 1 aromatic carbocycles. The highest BCUT2D eigenvalue weighted by atomic mass is 32.2. The summed E-state index contributed by atoms with van der Waals surface area (Å²) >= 11 is 1.78. The summed E-state index contributed by atoms with van der Waals surface area (Å²) in [7, 11) is 0. The lowest BCUT2D eigenvalue weighted by atomic mass is 10.1. The fourth-order valence-corrected chi connectivity index (χ4v) is 3.62. The molecule has 0 atom stereocenters. The number of nitro benzene ring substituents is 1. The van der Waals surface area contributed by atoms with Crippen molar-refractivity contribution in [2.45, 2.75) is 30.4 Å². The van der Waals surface area contributed by atoms with Gasteiger partial charge in [0, 0.05) is 23.4 Å². The minimum absolute atomic E-state index is 0.0647. The third-order valence-corrected chi connectivity index (χ3v) is 5.41. The predicted octanol–water partition coefficient (Wildman–Crippen LogP) is 3.38. The monoisotopic (exact) mass is 310 g/mol. The van der Waals surface area contributed by atoms with E-state index in [2.05, 4.69) is 11.6 Å². The molecular formula is C14H18N2O4S. The number of rotatable bonds is 6. The number of anilines is 1.